The lowest BCUT2D eigenvalue weighted by Crippen LogP contribution is -2.02. The number of anilines is 1. The Morgan fingerprint density at radius 2 is 1.94 bits per heavy atom. The first-order valence-electron chi connectivity index (χ1n) is 6.01. The van der Waals surface area contributed by atoms with E-state index in [4.69, 9.17) is 5.73 Å². The number of imidazole rings is 1. The summed E-state index contributed by atoms with van der Waals surface area (Å²) in [4.78, 5) is 4.48. The van der Waals surface area contributed by atoms with E-state index in [-0.39, 0.29) is 0 Å². The highest BCUT2D eigenvalue weighted by Gasteiger charge is 2.07. The summed E-state index contributed by atoms with van der Waals surface area (Å²) in [6, 6.07) is 14.2. The first-order chi connectivity index (χ1) is 8.75. The van der Waals surface area contributed by atoms with Crippen molar-refractivity contribution in [2.24, 2.45) is 0 Å². The second-order valence-corrected chi connectivity index (χ2v) is 4.49. The van der Waals surface area contributed by atoms with Crippen molar-refractivity contribution in [2.75, 3.05) is 5.73 Å². The van der Waals surface area contributed by atoms with Gasteiger partial charge in [-0.15, -0.1) is 0 Å². The minimum absolute atomic E-state index is 0.730. The van der Waals surface area contributed by atoms with Crippen LogP contribution in [0.3, 0.4) is 0 Å². The zero-order chi connectivity index (χ0) is 12.5. The summed E-state index contributed by atoms with van der Waals surface area (Å²) < 4.78 is 2.01. The number of nitrogens with zero attached hydrogens (tertiary/aromatic N) is 2. The third-order valence-corrected chi connectivity index (χ3v) is 3.26. The molecule has 0 saturated carbocycles. The number of nitrogens with two attached hydrogens (primary N) is 1. The molecule has 18 heavy (non-hydrogen) atoms. The highest BCUT2D eigenvalue weighted by Crippen LogP contribution is 2.17. The van der Waals surface area contributed by atoms with Crippen molar-refractivity contribution in [2.45, 2.75) is 13.3 Å². The summed E-state index contributed by atoms with van der Waals surface area (Å²) in [6.07, 6.45) is 2.67. The Balaban J connectivity index is 2.09. The summed E-state index contributed by atoms with van der Waals surface area (Å²) in [6.45, 7) is 2.12. The van der Waals surface area contributed by atoms with Gasteiger partial charge in [-0.05, 0) is 30.2 Å². The molecular formula is C15H15N3. The van der Waals surface area contributed by atoms with Crippen molar-refractivity contribution in [3.63, 3.8) is 0 Å². The number of hydrogen-bond donors (Lipinski definition) is 1. The molecule has 2 N–H and O–H groups in total. The van der Waals surface area contributed by atoms with Crippen molar-refractivity contribution in [3.05, 3.63) is 65.6 Å². The van der Waals surface area contributed by atoms with E-state index < -0.39 is 0 Å². The van der Waals surface area contributed by atoms with Crippen LogP contribution in [0.4, 0.5) is 5.82 Å². The van der Waals surface area contributed by atoms with E-state index in [1.807, 2.05) is 28.8 Å². The van der Waals surface area contributed by atoms with Gasteiger partial charge in [0.15, 0.2) is 0 Å². The van der Waals surface area contributed by atoms with E-state index >= 15 is 0 Å². The highest BCUT2D eigenvalue weighted by atomic mass is 15.1. The standard InChI is InChI=1S/C15H15N3/c1-11-5-2-3-6-12(11)9-15-17-10-13-7-4-8-14(16)18(13)15/h2-8,10H,9,16H2,1H3. The molecule has 0 fully saturated rings. The van der Waals surface area contributed by atoms with Gasteiger partial charge in [-0.25, -0.2) is 4.98 Å². The fourth-order valence-electron chi connectivity index (χ4n) is 2.24. The molecule has 2 heterocycles. The van der Waals surface area contributed by atoms with Crippen LogP contribution in [-0.2, 0) is 6.42 Å². The lowest BCUT2D eigenvalue weighted by molar-refractivity contribution is 0.961. The van der Waals surface area contributed by atoms with Crippen LogP contribution in [0.2, 0.25) is 0 Å². The Bertz CT molecular complexity index is 698. The topological polar surface area (TPSA) is 43.3 Å². The van der Waals surface area contributed by atoms with Crippen molar-refractivity contribution >= 4 is 11.3 Å². The van der Waals surface area contributed by atoms with Crippen molar-refractivity contribution < 1.29 is 0 Å². The molecule has 0 spiro atoms. The molecule has 3 aromatic rings. The fourth-order valence-corrected chi connectivity index (χ4v) is 2.24. The largest absolute Gasteiger partial charge is 0.385 e. The zero-order valence-corrected chi connectivity index (χ0v) is 10.3. The van der Waals surface area contributed by atoms with Crippen LogP contribution >= 0.6 is 0 Å². The summed E-state index contributed by atoms with van der Waals surface area (Å²) in [5.41, 5.74) is 9.62. The monoisotopic (exact) mass is 237 g/mol. The molecule has 90 valence electrons. The minimum Gasteiger partial charge on any atom is -0.385 e. The zero-order valence-electron chi connectivity index (χ0n) is 10.3. The molecule has 0 atom stereocenters. The Morgan fingerprint density at radius 3 is 2.78 bits per heavy atom. The van der Waals surface area contributed by atoms with Gasteiger partial charge in [0, 0.05) is 6.42 Å². The molecular weight excluding hydrogens is 222 g/mol. The maximum Gasteiger partial charge on any atom is 0.119 e. The lowest BCUT2D eigenvalue weighted by Gasteiger charge is -2.07. The average molecular weight is 237 g/mol. The molecule has 0 radical (unpaired) electrons. The predicted octanol–water partition coefficient (Wildman–Crippen LogP) is 2.82. The summed E-state index contributed by atoms with van der Waals surface area (Å²) in [5, 5.41) is 0. The Kier molecular flexibility index (Phi) is 2.52. The molecule has 0 bridgehead atoms. The fraction of sp³-hybridized carbons (Fsp3) is 0.133. The van der Waals surface area contributed by atoms with Crippen molar-refractivity contribution in [1.29, 1.82) is 0 Å². The number of fused-ring (bicyclic) bond motifs is 1. The van der Waals surface area contributed by atoms with Crippen LogP contribution in [0.15, 0.2) is 48.7 Å². The molecule has 3 rings (SSSR count). The molecule has 0 aliphatic heterocycles. The normalized spacial score (nSPS) is 10.9. The summed E-state index contributed by atoms with van der Waals surface area (Å²) in [5.74, 6) is 1.71. The number of pyridine rings is 1. The second kappa shape index (κ2) is 4.18. The highest BCUT2D eigenvalue weighted by molar-refractivity contribution is 5.53. The van der Waals surface area contributed by atoms with E-state index in [0.717, 1.165) is 23.6 Å². The van der Waals surface area contributed by atoms with Gasteiger partial charge >= 0.3 is 0 Å². The Hall–Kier alpha value is -2.29. The van der Waals surface area contributed by atoms with E-state index in [0.29, 0.717) is 0 Å². The number of aromatic nitrogens is 2. The van der Waals surface area contributed by atoms with Crippen LogP contribution in [-0.4, -0.2) is 9.38 Å². The van der Waals surface area contributed by atoms with Gasteiger partial charge in [0.2, 0.25) is 0 Å². The van der Waals surface area contributed by atoms with Gasteiger partial charge < -0.3 is 5.73 Å². The van der Waals surface area contributed by atoms with Crippen LogP contribution < -0.4 is 5.73 Å². The minimum atomic E-state index is 0.730. The van der Waals surface area contributed by atoms with E-state index in [1.165, 1.54) is 11.1 Å². The van der Waals surface area contributed by atoms with Crippen LogP contribution in [0, 0.1) is 6.92 Å². The van der Waals surface area contributed by atoms with Crippen molar-refractivity contribution in [1.82, 2.24) is 9.38 Å². The van der Waals surface area contributed by atoms with Gasteiger partial charge in [0.1, 0.15) is 11.6 Å². The van der Waals surface area contributed by atoms with E-state index in [2.05, 4.69) is 36.2 Å². The molecule has 0 unspecified atom stereocenters. The lowest BCUT2D eigenvalue weighted by atomic mass is 10.1. The maximum atomic E-state index is 6.02. The molecule has 0 amide bonds. The maximum absolute atomic E-state index is 6.02. The summed E-state index contributed by atoms with van der Waals surface area (Å²) in [7, 11) is 0. The quantitative estimate of drug-likeness (QED) is 0.744. The molecule has 1 aromatic carbocycles. The van der Waals surface area contributed by atoms with E-state index in [1.54, 1.807) is 0 Å². The third-order valence-electron chi connectivity index (χ3n) is 3.26. The third kappa shape index (κ3) is 1.74. The molecule has 3 heteroatoms. The number of benzene rings is 1. The molecule has 0 saturated heterocycles. The first-order valence-corrected chi connectivity index (χ1v) is 6.01. The number of hydrogen-bond acceptors (Lipinski definition) is 2. The number of aryl methyl sites for hydroxylation is 1. The van der Waals surface area contributed by atoms with Gasteiger partial charge in [-0.3, -0.25) is 4.40 Å². The average Bonchev–Trinajstić information content (AvgIpc) is 2.77. The summed E-state index contributed by atoms with van der Waals surface area (Å²) >= 11 is 0. The molecule has 0 aliphatic rings. The number of rotatable bonds is 2. The Morgan fingerprint density at radius 1 is 1.11 bits per heavy atom. The van der Waals surface area contributed by atoms with Crippen LogP contribution in [0.25, 0.3) is 5.52 Å². The van der Waals surface area contributed by atoms with Gasteiger partial charge in [0.05, 0.1) is 11.7 Å². The SMILES string of the molecule is Cc1ccccc1Cc1ncc2cccc(N)n12. The van der Waals surface area contributed by atoms with Crippen molar-refractivity contribution in [3.8, 4) is 0 Å². The van der Waals surface area contributed by atoms with Gasteiger partial charge in [-0.2, -0.15) is 0 Å². The smallest absolute Gasteiger partial charge is 0.119 e. The van der Waals surface area contributed by atoms with Gasteiger partial charge in [-0.1, -0.05) is 30.3 Å². The predicted molar refractivity (Wildman–Crippen MR) is 73.6 cm³/mol. The van der Waals surface area contributed by atoms with Crippen LogP contribution in [0.1, 0.15) is 17.0 Å². The van der Waals surface area contributed by atoms with E-state index in [9.17, 15) is 0 Å². The number of nitrogen functional groups attached to an aromatic ring is 1. The Labute approximate surface area is 106 Å². The van der Waals surface area contributed by atoms with Gasteiger partial charge in [0.25, 0.3) is 0 Å². The first kappa shape index (κ1) is 10.8. The molecule has 2 aromatic heterocycles. The molecule has 3 nitrogen and oxygen atoms in total. The van der Waals surface area contributed by atoms with Crippen LogP contribution in [0.5, 0.6) is 0 Å². The molecule has 0 aliphatic carbocycles. The second-order valence-electron chi connectivity index (χ2n) is 4.49.